The molecule has 1 heterocycles. The summed E-state index contributed by atoms with van der Waals surface area (Å²) in [7, 11) is 1.69. The van der Waals surface area contributed by atoms with Crippen molar-refractivity contribution in [2.24, 2.45) is 4.99 Å². The molecule has 1 unspecified atom stereocenters. The van der Waals surface area contributed by atoms with Crippen LogP contribution >= 0.6 is 0 Å². The monoisotopic (exact) mass is 412 g/mol. The van der Waals surface area contributed by atoms with Crippen LogP contribution in [0.2, 0.25) is 0 Å². The lowest BCUT2D eigenvalue weighted by molar-refractivity contribution is 0.0507. The van der Waals surface area contributed by atoms with E-state index in [0.717, 1.165) is 18.5 Å². The molecule has 1 fully saturated rings. The number of amides is 1. The van der Waals surface area contributed by atoms with E-state index in [1.54, 1.807) is 25.2 Å². The summed E-state index contributed by atoms with van der Waals surface area (Å²) in [5, 5.41) is 6.15. The molecular weight excluding hydrogens is 382 g/mol. The lowest BCUT2D eigenvalue weighted by atomic mass is 10.2. The van der Waals surface area contributed by atoms with Gasteiger partial charge in [-0.3, -0.25) is 4.99 Å². The largest absolute Gasteiger partial charge is 0.488 e. The van der Waals surface area contributed by atoms with Crippen LogP contribution in [0.5, 0.6) is 5.75 Å². The number of guanidine groups is 1. The Hall–Kier alpha value is -2.58. The molecule has 1 aliphatic heterocycles. The second-order valence-electron chi connectivity index (χ2n) is 7.83. The fourth-order valence-electron chi connectivity index (χ4n) is 2.96. The number of hydrogen-bond donors (Lipinski definition) is 2. The highest BCUT2D eigenvalue weighted by molar-refractivity contribution is 5.80. The molecule has 0 radical (unpaired) electrons. The fraction of sp³-hybridized carbons (Fsp3) is 0.600. The van der Waals surface area contributed by atoms with Crippen LogP contribution < -0.4 is 15.4 Å². The smallest absolute Gasteiger partial charge is 0.407 e. The van der Waals surface area contributed by atoms with E-state index in [0.29, 0.717) is 24.8 Å². The molecule has 29 heavy (non-hydrogen) atoms. The Morgan fingerprint density at radius 3 is 2.79 bits per heavy atom. The third-order valence-electron chi connectivity index (χ3n) is 4.15. The number of likely N-dealkylation sites (tertiary alicyclic amines) is 1. The summed E-state index contributed by atoms with van der Waals surface area (Å²) in [5.41, 5.74) is 0.355. The summed E-state index contributed by atoms with van der Waals surface area (Å²) in [6.07, 6.45) is -2.14. The van der Waals surface area contributed by atoms with E-state index in [-0.39, 0.29) is 6.04 Å². The quantitative estimate of drug-likeness (QED) is 0.555. The molecule has 162 valence electrons. The van der Waals surface area contributed by atoms with E-state index in [4.69, 9.17) is 9.47 Å². The highest BCUT2D eigenvalue weighted by Gasteiger charge is 2.27. The normalized spacial score (nSPS) is 17.4. The molecule has 1 aromatic carbocycles. The van der Waals surface area contributed by atoms with Gasteiger partial charge in [0.1, 0.15) is 18.0 Å². The van der Waals surface area contributed by atoms with E-state index < -0.39 is 24.7 Å². The molecule has 0 aromatic heterocycles. The number of halogens is 2. The average Bonchev–Trinajstić information content (AvgIpc) is 3.07. The van der Waals surface area contributed by atoms with Crippen molar-refractivity contribution in [3.05, 3.63) is 29.8 Å². The fourth-order valence-corrected chi connectivity index (χ4v) is 2.96. The Balaban J connectivity index is 1.84. The number of alkyl halides is 2. The zero-order valence-electron chi connectivity index (χ0n) is 17.4. The molecule has 0 saturated carbocycles. The average molecular weight is 412 g/mol. The first kappa shape index (κ1) is 22.7. The second kappa shape index (κ2) is 10.3. The molecule has 2 rings (SSSR count). The molecule has 7 nitrogen and oxygen atoms in total. The van der Waals surface area contributed by atoms with E-state index in [1.807, 2.05) is 26.8 Å². The van der Waals surface area contributed by atoms with Crippen LogP contribution in [0.25, 0.3) is 0 Å². The molecule has 1 aliphatic rings. The van der Waals surface area contributed by atoms with Crippen molar-refractivity contribution in [2.45, 2.75) is 51.8 Å². The zero-order chi connectivity index (χ0) is 21.4. The SMILES string of the molecule is CN=C(NCc1cccc(OCC(F)F)c1)N1CCC(NC(=O)OC(C)(C)C)C1. The molecule has 0 bridgehead atoms. The van der Waals surface area contributed by atoms with Crippen LogP contribution in [0.15, 0.2) is 29.3 Å². The summed E-state index contributed by atoms with van der Waals surface area (Å²) in [4.78, 5) is 18.3. The van der Waals surface area contributed by atoms with Crippen molar-refractivity contribution in [2.75, 3.05) is 26.7 Å². The van der Waals surface area contributed by atoms with E-state index in [9.17, 15) is 13.6 Å². The van der Waals surface area contributed by atoms with Gasteiger partial charge < -0.3 is 25.0 Å². The maximum atomic E-state index is 12.3. The van der Waals surface area contributed by atoms with Gasteiger partial charge in [-0.05, 0) is 44.9 Å². The number of benzene rings is 1. The van der Waals surface area contributed by atoms with Crippen molar-refractivity contribution >= 4 is 12.1 Å². The molecule has 0 spiro atoms. The molecule has 0 aliphatic carbocycles. The van der Waals surface area contributed by atoms with Gasteiger partial charge in [0.25, 0.3) is 6.43 Å². The van der Waals surface area contributed by atoms with E-state index in [1.165, 1.54) is 0 Å². The van der Waals surface area contributed by atoms with Gasteiger partial charge in [0.05, 0.1) is 6.04 Å². The maximum Gasteiger partial charge on any atom is 0.407 e. The number of ether oxygens (including phenoxy) is 2. The van der Waals surface area contributed by atoms with Crippen molar-refractivity contribution < 1.29 is 23.0 Å². The number of alkyl carbamates (subject to hydrolysis) is 1. The Kier molecular flexibility index (Phi) is 8.04. The van der Waals surface area contributed by atoms with Crippen molar-refractivity contribution in [3.8, 4) is 5.75 Å². The summed E-state index contributed by atoms with van der Waals surface area (Å²) in [6, 6.07) is 6.99. The standard InChI is InChI=1S/C20H30F2N4O3/c1-20(2,3)29-19(27)25-15-8-9-26(12-15)18(23-4)24-11-14-6-5-7-16(10-14)28-13-17(21)22/h5-7,10,15,17H,8-9,11-13H2,1-4H3,(H,23,24)(H,25,27). The van der Waals surface area contributed by atoms with Crippen LogP contribution in [-0.4, -0.2) is 61.8 Å². The van der Waals surface area contributed by atoms with Gasteiger partial charge >= 0.3 is 6.09 Å². The van der Waals surface area contributed by atoms with Gasteiger partial charge in [-0.25, -0.2) is 13.6 Å². The number of aliphatic imine (C=N–C) groups is 1. The van der Waals surface area contributed by atoms with Crippen LogP contribution in [-0.2, 0) is 11.3 Å². The Bertz CT molecular complexity index is 707. The van der Waals surface area contributed by atoms with Crippen LogP contribution in [0, 0.1) is 0 Å². The maximum absolute atomic E-state index is 12.3. The summed E-state index contributed by atoms with van der Waals surface area (Å²) in [5.74, 6) is 1.11. The second-order valence-corrected chi connectivity index (χ2v) is 7.83. The van der Waals surface area contributed by atoms with Gasteiger partial charge in [0, 0.05) is 26.7 Å². The molecule has 1 saturated heterocycles. The minimum Gasteiger partial charge on any atom is -0.488 e. The number of carbonyl (C=O) groups excluding carboxylic acids is 1. The highest BCUT2D eigenvalue weighted by Crippen LogP contribution is 2.15. The first-order valence-corrected chi connectivity index (χ1v) is 9.61. The number of hydrogen-bond acceptors (Lipinski definition) is 4. The Morgan fingerprint density at radius 1 is 1.38 bits per heavy atom. The minimum atomic E-state index is -2.51. The van der Waals surface area contributed by atoms with Gasteiger partial charge in [0.15, 0.2) is 5.96 Å². The summed E-state index contributed by atoms with van der Waals surface area (Å²) >= 11 is 0. The predicted octanol–water partition coefficient (Wildman–Crippen LogP) is 3.00. The zero-order valence-corrected chi connectivity index (χ0v) is 17.4. The molecule has 1 amide bonds. The number of nitrogens with zero attached hydrogens (tertiary/aromatic N) is 2. The first-order valence-electron chi connectivity index (χ1n) is 9.61. The third-order valence-corrected chi connectivity index (χ3v) is 4.15. The summed E-state index contributed by atoms with van der Waals surface area (Å²) in [6.45, 7) is 6.69. The number of carbonyl (C=O) groups is 1. The van der Waals surface area contributed by atoms with Gasteiger partial charge in [-0.15, -0.1) is 0 Å². The number of nitrogens with one attached hydrogen (secondary N) is 2. The predicted molar refractivity (Wildman–Crippen MR) is 107 cm³/mol. The summed E-state index contributed by atoms with van der Waals surface area (Å²) < 4.78 is 34.9. The minimum absolute atomic E-state index is 0.0190. The van der Waals surface area contributed by atoms with Crippen molar-refractivity contribution in [3.63, 3.8) is 0 Å². The molecule has 1 aromatic rings. The lowest BCUT2D eigenvalue weighted by Crippen LogP contribution is -2.44. The van der Waals surface area contributed by atoms with E-state index >= 15 is 0 Å². The van der Waals surface area contributed by atoms with Gasteiger partial charge in [-0.1, -0.05) is 12.1 Å². The topological polar surface area (TPSA) is 75.2 Å². The molecule has 2 N–H and O–H groups in total. The third kappa shape index (κ3) is 8.13. The lowest BCUT2D eigenvalue weighted by Gasteiger charge is -2.23. The Morgan fingerprint density at radius 2 is 2.14 bits per heavy atom. The molecule has 1 atom stereocenters. The van der Waals surface area contributed by atoms with E-state index in [2.05, 4.69) is 20.5 Å². The first-order chi connectivity index (χ1) is 13.7. The highest BCUT2D eigenvalue weighted by atomic mass is 19.3. The van der Waals surface area contributed by atoms with Gasteiger partial charge in [0.2, 0.25) is 0 Å². The van der Waals surface area contributed by atoms with Crippen LogP contribution in [0.3, 0.4) is 0 Å². The number of rotatable bonds is 6. The van der Waals surface area contributed by atoms with Crippen molar-refractivity contribution in [1.82, 2.24) is 15.5 Å². The van der Waals surface area contributed by atoms with Gasteiger partial charge in [-0.2, -0.15) is 0 Å². The molecular formula is C20H30F2N4O3. The van der Waals surface area contributed by atoms with Crippen LogP contribution in [0.1, 0.15) is 32.8 Å². The molecule has 9 heteroatoms. The van der Waals surface area contributed by atoms with Crippen molar-refractivity contribution in [1.29, 1.82) is 0 Å². The van der Waals surface area contributed by atoms with Crippen LogP contribution in [0.4, 0.5) is 13.6 Å². The Labute approximate surface area is 170 Å².